The maximum atomic E-state index is 13.6. The highest BCUT2D eigenvalue weighted by Crippen LogP contribution is 2.29. The molecule has 19 heavy (non-hydrogen) atoms. The summed E-state index contributed by atoms with van der Waals surface area (Å²) in [6, 6.07) is 2.55. The lowest BCUT2D eigenvalue weighted by atomic mass is 10.0. The van der Waals surface area contributed by atoms with Gasteiger partial charge in [-0.25, -0.2) is 8.78 Å². The fraction of sp³-hybridized carbons (Fsp3) is 0.214. The summed E-state index contributed by atoms with van der Waals surface area (Å²) in [4.78, 5) is 3.90. The Hall–Kier alpha value is -1.24. The lowest BCUT2D eigenvalue weighted by Gasteiger charge is -2.09. The SMILES string of the molecule is C=C(I)/C(=C\C(=NC)OC)c1cc(F)c(C)c(F)c1. The molecule has 0 spiro atoms. The second-order valence-electron chi connectivity index (χ2n) is 3.79. The Labute approximate surface area is 125 Å². The first-order valence-electron chi connectivity index (χ1n) is 5.44. The zero-order valence-corrected chi connectivity index (χ0v) is 13.1. The predicted octanol–water partition coefficient (Wildman–Crippen LogP) is 4.28. The summed E-state index contributed by atoms with van der Waals surface area (Å²) < 4.78 is 32.9. The number of hydrogen-bond donors (Lipinski definition) is 0. The van der Waals surface area contributed by atoms with Crippen LogP contribution in [0.2, 0.25) is 0 Å². The lowest BCUT2D eigenvalue weighted by Crippen LogP contribution is -2.00. The normalized spacial score (nSPS) is 12.5. The van der Waals surface area contributed by atoms with E-state index in [9.17, 15) is 8.78 Å². The average Bonchev–Trinajstić information content (AvgIpc) is 2.36. The van der Waals surface area contributed by atoms with Gasteiger partial charge in [0.05, 0.1) is 7.11 Å². The van der Waals surface area contributed by atoms with Crippen LogP contribution in [0.3, 0.4) is 0 Å². The van der Waals surface area contributed by atoms with Crippen molar-refractivity contribution in [2.75, 3.05) is 14.2 Å². The van der Waals surface area contributed by atoms with Gasteiger partial charge in [-0.05, 0) is 52.8 Å². The molecular formula is C14H14F2INO. The fourth-order valence-corrected chi connectivity index (χ4v) is 1.92. The smallest absolute Gasteiger partial charge is 0.208 e. The molecule has 0 saturated carbocycles. The molecule has 0 aromatic heterocycles. The van der Waals surface area contributed by atoms with Crippen molar-refractivity contribution < 1.29 is 13.5 Å². The number of ether oxygens (including phenoxy) is 1. The first-order valence-corrected chi connectivity index (χ1v) is 6.51. The minimum Gasteiger partial charge on any atom is -0.481 e. The fourth-order valence-electron chi connectivity index (χ4n) is 1.46. The van der Waals surface area contributed by atoms with Gasteiger partial charge in [-0.1, -0.05) is 6.58 Å². The van der Waals surface area contributed by atoms with Crippen LogP contribution in [0.5, 0.6) is 0 Å². The molecule has 0 fully saturated rings. The molecule has 0 aliphatic rings. The van der Waals surface area contributed by atoms with Gasteiger partial charge in [0, 0.05) is 22.3 Å². The van der Waals surface area contributed by atoms with E-state index < -0.39 is 11.6 Å². The number of halogens is 3. The average molecular weight is 377 g/mol. The number of hydrogen-bond acceptors (Lipinski definition) is 2. The zero-order chi connectivity index (χ0) is 14.6. The monoisotopic (exact) mass is 377 g/mol. The van der Waals surface area contributed by atoms with Crippen molar-refractivity contribution >= 4 is 34.1 Å². The van der Waals surface area contributed by atoms with E-state index in [1.807, 2.05) is 22.6 Å². The van der Waals surface area contributed by atoms with Crippen LogP contribution in [0.25, 0.3) is 5.57 Å². The van der Waals surface area contributed by atoms with Crippen molar-refractivity contribution in [3.8, 4) is 0 Å². The summed E-state index contributed by atoms with van der Waals surface area (Å²) in [6.45, 7) is 5.19. The molecule has 0 unspecified atom stereocenters. The van der Waals surface area contributed by atoms with Gasteiger partial charge in [-0.3, -0.25) is 4.99 Å². The van der Waals surface area contributed by atoms with E-state index in [4.69, 9.17) is 4.74 Å². The van der Waals surface area contributed by atoms with Crippen molar-refractivity contribution in [1.82, 2.24) is 0 Å². The largest absolute Gasteiger partial charge is 0.481 e. The quantitative estimate of drug-likeness (QED) is 0.334. The molecular weight excluding hydrogens is 363 g/mol. The van der Waals surface area contributed by atoms with E-state index in [2.05, 4.69) is 11.6 Å². The second-order valence-corrected chi connectivity index (χ2v) is 5.10. The first-order chi connectivity index (χ1) is 8.90. The minimum atomic E-state index is -0.592. The van der Waals surface area contributed by atoms with Crippen LogP contribution in [-0.4, -0.2) is 20.1 Å². The van der Waals surface area contributed by atoms with Crippen LogP contribution in [0.15, 0.2) is 33.4 Å². The molecule has 5 heteroatoms. The third-order valence-corrected chi connectivity index (χ3v) is 3.16. The van der Waals surface area contributed by atoms with E-state index in [1.165, 1.54) is 26.2 Å². The van der Waals surface area contributed by atoms with Gasteiger partial charge in [0.15, 0.2) is 0 Å². The topological polar surface area (TPSA) is 21.6 Å². The van der Waals surface area contributed by atoms with Crippen molar-refractivity contribution in [2.24, 2.45) is 4.99 Å². The first kappa shape index (κ1) is 15.8. The number of nitrogens with zero attached hydrogens (tertiary/aromatic N) is 1. The van der Waals surface area contributed by atoms with Gasteiger partial charge in [-0.2, -0.15) is 0 Å². The van der Waals surface area contributed by atoms with Gasteiger partial charge in [-0.15, -0.1) is 0 Å². The molecule has 1 aromatic carbocycles. The molecule has 102 valence electrons. The Balaban J connectivity index is 3.40. The molecule has 2 nitrogen and oxygen atoms in total. The highest BCUT2D eigenvalue weighted by molar-refractivity contribution is 14.1. The molecule has 0 radical (unpaired) electrons. The lowest BCUT2D eigenvalue weighted by molar-refractivity contribution is 0.406. The summed E-state index contributed by atoms with van der Waals surface area (Å²) in [5, 5.41) is 0. The van der Waals surface area contributed by atoms with E-state index in [-0.39, 0.29) is 5.56 Å². The summed E-state index contributed by atoms with van der Waals surface area (Å²) in [7, 11) is 3.04. The molecule has 1 aromatic rings. The molecule has 0 amide bonds. The van der Waals surface area contributed by atoms with E-state index in [1.54, 1.807) is 13.1 Å². The number of rotatable bonds is 3. The van der Waals surface area contributed by atoms with Crippen molar-refractivity contribution in [3.63, 3.8) is 0 Å². The molecule has 0 aliphatic heterocycles. The summed E-state index contributed by atoms with van der Waals surface area (Å²) in [5.41, 5.74) is 0.970. The van der Waals surface area contributed by atoms with Gasteiger partial charge in [0.1, 0.15) is 11.6 Å². The zero-order valence-electron chi connectivity index (χ0n) is 10.9. The third-order valence-electron chi connectivity index (χ3n) is 2.58. The van der Waals surface area contributed by atoms with Crippen molar-refractivity contribution in [3.05, 3.63) is 51.1 Å². The van der Waals surface area contributed by atoms with E-state index in [0.29, 0.717) is 20.6 Å². The number of methoxy groups -OCH3 is 1. The van der Waals surface area contributed by atoms with Gasteiger partial charge in [0.2, 0.25) is 5.90 Å². The Morgan fingerprint density at radius 2 is 1.89 bits per heavy atom. The van der Waals surface area contributed by atoms with Crippen LogP contribution in [-0.2, 0) is 4.74 Å². The Bertz CT molecular complexity index is 542. The number of aliphatic imine (C=N–C) groups is 1. The van der Waals surface area contributed by atoms with Crippen LogP contribution >= 0.6 is 22.6 Å². The summed E-state index contributed by atoms with van der Waals surface area (Å²) in [6.07, 6.45) is 1.60. The van der Waals surface area contributed by atoms with Gasteiger partial charge >= 0.3 is 0 Å². The highest BCUT2D eigenvalue weighted by Gasteiger charge is 2.12. The number of benzene rings is 1. The van der Waals surface area contributed by atoms with E-state index in [0.717, 1.165) is 0 Å². The second kappa shape index (κ2) is 6.79. The Morgan fingerprint density at radius 1 is 1.37 bits per heavy atom. The van der Waals surface area contributed by atoms with E-state index >= 15 is 0 Å². The molecule has 1 rings (SSSR count). The molecule has 0 heterocycles. The predicted molar refractivity (Wildman–Crippen MR) is 82.6 cm³/mol. The molecule has 0 bridgehead atoms. The Kier molecular flexibility index (Phi) is 5.65. The molecule has 0 atom stereocenters. The Morgan fingerprint density at radius 3 is 2.26 bits per heavy atom. The van der Waals surface area contributed by atoms with Crippen LogP contribution in [0.1, 0.15) is 11.1 Å². The van der Waals surface area contributed by atoms with Crippen molar-refractivity contribution in [2.45, 2.75) is 6.92 Å². The molecule has 0 N–H and O–H groups in total. The maximum absolute atomic E-state index is 13.6. The summed E-state index contributed by atoms with van der Waals surface area (Å²) in [5.74, 6) is -0.828. The maximum Gasteiger partial charge on any atom is 0.208 e. The molecule has 0 aliphatic carbocycles. The molecule has 0 saturated heterocycles. The summed E-state index contributed by atoms with van der Waals surface area (Å²) >= 11 is 1.99. The van der Waals surface area contributed by atoms with Crippen molar-refractivity contribution in [1.29, 1.82) is 0 Å². The highest BCUT2D eigenvalue weighted by atomic mass is 127. The van der Waals surface area contributed by atoms with Gasteiger partial charge < -0.3 is 4.74 Å². The van der Waals surface area contributed by atoms with Crippen LogP contribution in [0.4, 0.5) is 8.78 Å². The standard InChI is InChI=1S/C14H14F2INO/c1-8-12(15)5-10(6-13(8)16)11(9(2)17)7-14(18-3)19-4/h5-7H,2H2,1,3-4H3/b11-7+,18-14?. The van der Waals surface area contributed by atoms with Crippen LogP contribution in [0, 0.1) is 18.6 Å². The third kappa shape index (κ3) is 3.86. The minimum absolute atomic E-state index is 0.00158. The van der Waals surface area contributed by atoms with Crippen LogP contribution < -0.4 is 0 Å². The number of allylic oxidation sites excluding steroid dienone is 2. The van der Waals surface area contributed by atoms with Gasteiger partial charge in [0.25, 0.3) is 0 Å².